The second-order valence-electron chi connectivity index (χ2n) is 6.75. The molecule has 1 aliphatic carbocycles. The van der Waals surface area contributed by atoms with Gasteiger partial charge in [0.05, 0.1) is 17.8 Å². The zero-order chi connectivity index (χ0) is 15.7. The van der Waals surface area contributed by atoms with Gasteiger partial charge < -0.3 is 10.0 Å². The molecular formula is C16H22ClN3O2. The van der Waals surface area contributed by atoms with Crippen LogP contribution in [0.2, 0.25) is 5.02 Å². The highest BCUT2D eigenvalue weighted by atomic mass is 35.5. The fraction of sp³-hybridized carbons (Fsp3) is 0.688. The zero-order valence-corrected chi connectivity index (χ0v) is 13.6. The van der Waals surface area contributed by atoms with Crippen LogP contribution in [-0.4, -0.2) is 45.6 Å². The summed E-state index contributed by atoms with van der Waals surface area (Å²) in [5, 5.41) is 10.2. The molecule has 1 saturated heterocycles. The third-order valence-electron chi connectivity index (χ3n) is 4.77. The van der Waals surface area contributed by atoms with E-state index in [0.717, 1.165) is 25.2 Å². The van der Waals surface area contributed by atoms with Crippen molar-refractivity contribution in [1.82, 2.24) is 14.9 Å². The fourth-order valence-electron chi connectivity index (χ4n) is 3.43. The Balaban J connectivity index is 1.78. The van der Waals surface area contributed by atoms with Gasteiger partial charge in [0.25, 0.3) is 5.91 Å². The molecule has 0 bridgehead atoms. The van der Waals surface area contributed by atoms with Crippen molar-refractivity contribution in [3.05, 3.63) is 22.7 Å². The maximum absolute atomic E-state index is 12.7. The molecule has 0 unspecified atom stereocenters. The summed E-state index contributed by atoms with van der Waals surface area (Å²) in [7, 11) is 0. The van der Waals surface area contributed by atoms with E-state index in [0.29, 0.717) is 18.9 Å². The maximum atomic E-state index is 12.7. The molecular weight excluding hydrogens is 302 g/mol. The molecule has 1 saturated carbocycles. The third kappa shape index (κ3) is 3.25. The monoisotopic (exact) mass is 323 g/mol. The molecule has 1 amide bonds. The summed E-state index contributed by atoms with van der Waals surface area (Å²) in [6, 6.07) is 0. The minimum Gasteiger partial charge on any atom is -0.396 e. The Morgan fingerprint density at radius 2 is 2.32 bits per heavy atom. The van der Waals surface area contributed by atoms with Crippen LogP contribution in [0.1, 0.15) is 48.4 Å². The van der Waals surface area contributed by atoms with Crippen molar-refractivity contribution in [2.24, 2.45) is 11.3 Å². The van der Waals surface area contributed by atoms with E-state index in [4.69, 9.17) is 11.6 Å². The lowest BCUT2D eigenvalue weighted by Gasteiger charge is -2.42. The quantitative estimate of drug-likeness (QED) is 0.924. The van der Waals surface area contributed by atoms with Crippen LogP contribution in [0, 0.1) is 18.3 Å². The Morgan fingerprint density at radius 1 is 1.55 bits per heavy atom. The van der Waals surface area contributed by atoms with E-state index < -0.39 is 0 Å². The molecule has 2 heterocycles. The first-order chi connectivity index (χ1) is 10.5. The van der Waals surface area contributed by atoms with Crippen molar-refractivity contribution in [1.29, 1.82) is 0 Å². The molecule has 1 atom stereocenters. The molecule has 5 nitrogen and oxygen atoms in total. The highest BCUT2D eigenvalue weighted by Gasteiger charge is 2.41. The van der Waals surface area contributed by atoms with E-state index in [9.17, 15) is 9.90 Å². The van der Waals surface area contributed by atoms with Crippen molar-refractivity contribution in [3.63, 3.8) is 0 Å². The zero-order valence-electron chi connectivity index (χ0n) is 12.9. The van der Waals surface area contributed by atoms with E-state index in [-0.39, 0.29) is 28.6 Å². The molecule has 1 N–H and O–H groups in total. The number of aliphatic hydroxyl groups excluding tert-OH is 1. The van der Waals surface area contributed by atoms with E-state index in [1.54, 1.807) is 11.8 Å². The maximum Gasteiger partial charge on any atom is 0.274 e. The normalized spacial score (nSPS) is 25.3. The predicted molar refractivity (Wildman–Crippen MR) is 83.8 cm³/mol. The SMILES string of the molecule is Cc1ncc(Cl)c(C(=O)N2CCC[C@@](CO)(CC3CC3)C2)n1. The smallest absolute Gasteiger partial charge is 0.274 e. The summed E-state index contributed by atoms with van der Waals surface area (Å²) in [4.78, 5) is 22.8. The average molecular weight is 324 g/mol. The molecule has 2 aliphatic rings. The summed E-state index contributed by atoms with van der Waals surface area (Å²) >= 11 is 6.09. The lowest BCUT2D eigenvalue weighted by atomic mass is 9.76. The number of piperidine rings is 1. The van der Waals surface area contributed by atoms with Crippen LogP contribution < -0.4 is 0 Å². The van der Waals surface area contributed by atoms with Crippen molar-refractivity contribution in [3.8, 4) is 0 Å². The van der Waals surface area contributed by atoms with Crippen molar-refractivity contribution in [2.75, 3.05) is 19.7 Å². The van der Waals surface area contributed by atoms with Crippen LogP contribution in [-0.2, 0) is 0 Å². The summed E-state index contributed by atoms with van der Waals surface area (Å²) in [6.07, 6.45) is 6.91. The van der Waals surface area contributed by atoms with E-state index >= 15 is 0 Å². The number of aliphatic hydroxyl groups is 1. The molecule has 3 rings (SSSR count). The summed E-state index contributed by atoms with van der Waals surface area (Å²) in [5.74, 6) is 1.12. The Bertz CT molecular complexity index is 577. The van der Waals surface area contributed by atoms with Gasteiger partial charge in [0.1, 0.15) is 5.82 Å². The van der Waals surface area contributed by atoms with Gasteiger partial charge in [0, 0.05) is 18.5 Å². The highest BCUT2D eigenvalue weighted by Crippen LogP contribution is 2.44. The third-order valence-corrected chi connectivity index (χ3v) is 5.05. The lowest BCUT2D eigenvalue weighted by molar-refractivity contribution is 0.0193. The minimum absolute atomic E-state index is 0.143. The number of halogens is 1. The van der Waals surface area contributed by atoms with Gasteiger partial charge in [0.2, 0.25) is 0 Å². The van der Waals surface area contributed by atoms with Crippen LogP contribution in [0.3, 0.4) is 0 Å². The Labute approximate surface area is 135 Å². The molecule has 1 aromatic rings. The van der Waals surface area contributed by atoms with Gasteiger partial charge in [-0.15, -0.1) is 0 Å². The van der Waals surface area contributed by atoms with Gasteiger partial charge in [-0.05, 0) is 32.1 Å². The van der Waals surface area contributed by atoms with E-state index in [1.807, 2.05) is 0 Å². The van der Waals surface area contributed by atoms with Crippen molar-refractivity contribution < 1.29 is 9.90 Å². The number of hydrogen-bond donors (Lipinski definition) is 1. The van der Waals surface area contributed by atoms with Crippen molar-refractivity contribution in [2.45, 2.75) is 39.0 Å². The first-order valence-electron chi connectivity index (χ1n) is 7.92. The number of aryl methyl sites for hydroxylation is 1. The van der Waals surface area contributed by atoms with Crippen molar-refractivity contribution >= 4 is 17.5 Å². The van der Waals surface area contributed by atoms with Gasteiger partial charge in [-0.1, -0.05) is 24.4 Å². The molecule has 22 heavy (non-hydrogen) atoms. The van der Waals surface area contributed by atoms with Gasteiger partial charge in [-0.25, -0.2) is 9.97 Å². The predicted octanol–water partition coefficient (Wildman–Crippen LogP) is 2.45. The second kappa shape index (κ2) is 6.13. The van der Waals surface area contributed by atoms with Crippen LogP contribution in [0.4, 0.5) is 0 Å². The number of rotatable bonds is 4. The number of carbonyl (C=O) groups excluding carboxylic acids is 1. The Kier molecular flexibility index (Phi) is 4.37. The topological polar surface area (TPSA) is 66.3 Å². The molecule has 0 radical (unpaired) electrons. The summed E-state index contributed by atoms with van der Waals surface area (Å²) in [5.41, 5.74) is 0.123. The Hall–Kier alpha value is -1.20. The van der Waals surface area contributed by atoms with E-state index in [2.05, 4.69) is 9.97 Å². The summed E-state index contributed by atoms with van der Waals surface area (Å²) in [6.45, 7) is 3.18. The number of amides is 1. The number of likely N-dealkylation sites (tertiary alicyclic amines) is 1. The molecule has 2 fully saturated rings. The minimum atomic E-state index is -0.149. The first kappa shape index (κ1) is 15.7. The second-order valence-corrected chi connectivity index (χ2v) is 7.16. The highest BCUT2D eigenvalue weighted by molar-refractivity contribution is 6.33. The number of hydrogen-bond acceptors (Lipinski definition) is 4. The van der Waals surface area contributed by atoms with Crippen LogP contribution in [0.25, 0.3) is 0 Å². The molecule has 120 valence electrons. The average Bonchev–Trinajstić information content (AvgIpc) is 3.33. The first-order valence-corrected chi connectivity index (χ1v) is 8.30. The van der Waals surface area contributed by atoms with E-state index in [1.165, 1.54) is 19.0 Å². The number of nitrogens with zero attached hydrogens (tertiary/aromatic N) is 3. The molecule has 0 aromatic carbocycles. The van der Waals surface area contributed by atoms with Crippen LogP contribution >= 0.6 is 11.6 Å². The molecule has 0 spiro atoms. The van der Waals surface area contributed by atoms with Gasteiger partial charge >= 0.3 is 0 Å². The molecule has 1 aliphatic heterocycles. The lowest BCUT2D eigenvalue weighted by Crippen LogP contribution is -2.48. The van der Waals surface area contributed by atoms with Gasteiger partial charge in [-0.2, -0.15) is 0 Å². The fourth-order valence-corrected chi connectivity index (χ4v) is 3.60. The number of aromatic nitrogens is 2. The molecule has 1 aromatic heterocycles. The molecule has 6 heteroatoms. The standard InChI is InChI=1S/C16H22ClN3O2/c1-11-18-8-13(17)14(19-11)15(22)20-6-2-5-16(9-20,10-21)7-12-3-4-12/h8,12,21H,2-7,9-10H2,1H3/t16-/m1/s1. The largest absolute Gasteiger partial charge is 0.396 e. The van der Waals surface area contributed by atoms with Gasteiger partial charge in [-0.3, -0.25) is 4.79 Å². The van der Waals surface area contributed by atoms with Crippen LogP contribution in [0.5, 0.6) is 0 Å². The van der Waals surface area contributed by atoms with Crippen LogP contribution in [0.15, 0.2) is 6.20 Å². The van der Waals surface area contributed by atoms with Gasteiger partial charge in [0.15, 0.2) is 5.69 Å². The number of carbonyl (C=O) groups is 1. The Morgan fingerprint density at radius 3 is 3.00 bits per heavy atom. The summed E-state index contributed by atoms with van der Waals surface area (Å²) < 4.78 is 0.